The van der Waals surface area contributed by atoms with Crippen LogP contribution in [0.4, 0.5) is 10.5 Å². The minimum absolute atomic E-state index is 0.120. The van der Waals surface area contributed by atoms with Crippen molar-refractivity contribution in [2.24, 2.45) is 5.41 Å². The van der Waals surface area contributed by atoms with Gasteiger partial charge in [0.1, 0.15) is 23.5 Å². The first-order chi connectivity index (χ1) is 17.4. The number of imide groups is 1. The lowest BCUT2D eigenvalue weighted by Crippen LogP contribution is -2.73. The molecule has 0 spiro atoms. The first-order valence-corrected chi connectivity index (χ1v) is 11.8. The summed E-state index contributed by atoms with van der Waals surface area (Å²) < 4.78 is 11.8. The van der Waals surface area contributed by atoms with E-state index in [0.29, 0.717) is 36.6 Å². The van der Waals surface area contributed by atoms with Crippen LogP contribution in [0.15, 0.2) is 78.9 Å². The lowest BCUT2D eigenvalue weighted by Gasteiger charge is -2.53. The second-order valence-electron chi connectivity index (χ2n) is 8.57. The fourth-order valence-corrected chi connectivity index (χ4v) is 4.26. The zero-order valence-corrected chi connectivity index (χ0v) is 20.1. The highest BCUT2D eigenvalue weighted by Crippen LogP contribution is 2.46. The van der Waals surface area contributed by atoms with Gasteiger partial charge >= 0.3 is 12.0 Å². The molecule has 3 amide bonds. The highest BCUT2D eigenvalue weighted by molar-refractivity contribution is 6.07. The molecule has 8 nitrogen and oxygen atoms in total. The number of carbonyl (C=O) groups is 3. The van der Waals surface area contributed by atoms with Gasteiger partial charge in [-0.3, -0.25) is 4.79 Å². The summed E-state index contributed by atoms with van der Waals surface area (Å²) in [6, 6.07) is 22.0. The molecule has 1 aliphatic rings. The maximum Gasteiger partial charge on any atom is 0.335 e. The molecule has 1 fully saturated rings. The number of aromatic carboxylic acids is 1. The SMILES string of the molecule is CCC1(CC)C(=O)N(C(=O)Nc2ccc(OCc3ccccc3)cc2)C1Oc1ccc(C(=O)O)cc1. The van der Waals surface area contributed by atoms with Gasteiger partial charge in [-0.1, -0.05) is 44.2 Å². The number of carboxylic acid groups (broad SMARTS) is 1. The highest BCUT2D eigenvalue weighted by Gasteiger charge is 2.62. The Morgan fingerprint density at radius 1 is 0.917 bits per heavy atom. The number of carboxylic acids is 1. The fraction of sp³-hybridized carbons (Fsp3) is 0.250. The Morgan fingerprint density at radius 3 is 2.11 bits per heavy atom. The molecule has 36 heavy (non-hydrogen) atoms. The number of carbonyl (C=O) groups excluding carboxylic acids is 2. The van der Waals surface area contributed by atoms with E-state index < -0.39 is 23.6 Å². The number of ether oxygens (including phenoxy) is 2. The Morgan fingerprint density at radius 2 is 1.53 bits per heavy atom. The summed E-state index contributed by atoms with van der Waals surface area (Å²) in [6.07, 6.45) is 0.179. The number of nitrogens with one attached hydrogen (secondary N) is 1. The van der Waals surface area contributed by atoms with Crippen LogP contribution in [0.3, 0.4) is 0 Å². The predicted octanol–water partition coefficient (Wildman–Crippen LogP) is 5.55. The van der Waals surface area contributed by atoms with E-state index in [2.05, 4.69) is 5.32 Å². The summed E-state index contributed by atoms with van der Waals surface area (Å²) >= 11 is 0. The molecule has 0 saturated carbocycles. The standard InChI is InChI=1S/C28H28N2O6/c1-3-28(4-2)25(33)30(26(28)36-23-14-10-20(11-15-23)24(31)32)27(34)29-21-12-16-22(17-13-21)35-18-19-8-6-5-7-9-19/h5-17,26H,3-4,18H2,1-2H3,(H,29,34)(H,31,32). The topological polar surface area (TPSA) is 105 Å². The Bertz CT molecular complexity index is 1220. The molecule has 0 aliphatic carbocycles. The number of hydrogen-bond donors (Lipinski definition) is 2. The molecule has 4 rings (SSSR count). The van der Waals surface area contributed by atoms with Crippen molar-refractivity contribution >= 4 is 23.6 Å². The smallest absolute Gasteiger partial charge is 0.335 e. The molecule has 0 aromatic heterocycles. The van der Waals surface area contributed by atoms with E-state index in [1.807, 2.05) is 44.2 Å². The summed E-state index contributed by atoms with van der Waals surface area (Å²) in [6.45, 7) is 4.20. The number of anilines is 1. The first-order valence-electron chi connectivity index (χ1n) is 11.8. The van der Waals surface area contributed by atoms with Crippen LogP contribution in [0.1, 0.15) is 42.6 Å². The number of β-lactam (4-membered cyclic amide) rings is 1. The van der Waals surface area contributed by atoms with Crippen molar-refractivity contribution in [3.8, 4) is 11.5 Å². The summed E-state index contributed by atoms with van der Waals surface area (Å²) in [5.41, 5.74) is 0.841. The molecule has 186 valence electrons. The van der Waals surface area contributed by atoms with Gasteiger partial charge in [0.2, 0.25) is 5.91 Å². The zero-order valence-electron chi connectivity index (χ0n) is 20.1. The summed E-state index contributed by atoms with van der Waals surface area (Å²) in [7, 11) is 0. The van der Waals surface area contributed by atoms with Crippen molar-refractivity contribution in [2.75, 3.05) is 5.32 Å². The number of urea groups is 1. The van der Waals surface area contributed by atoms with Crippen LogP contribution < -0.4 is 14.8 Å². The monoisotopic (exact) mass is 488 g/mol. The van der Waals surface area contributed by atoms with Gasteiger partial charge in [0, 0.05) is 5.69 Å². The van der Waals surface area contributed by atoms with Gasteiger partial charge < -0.3 is 19.9 Å². The number of likely N-dealkylation sites (tertiary alicyclic amines) is 1. The number of benzene rings is 3. The molecule has 1 unspecified atom stereocenters. The van der Waals surface area contributed by atoms with Gasteiger partial charge in [0.05, 0.1) is 5.56 Å². The van der Waals surface area contributed by atoms with E-state index in [1.165, 1.54) is 24.3 Å². The molecule has 0 bridgehead atoms. The molecular formula is C28H28N2O6. The van der Waals surface area contributed by atoms with Crippen LogP contribution in [0.5, 0.6) is 11.5 Å². The van der Waals surface area contributed by atoms with Crippen LogP contribution in [0.2, 0.25) is 0 Å². The van der Waals surface area contributed by atoms with E-state index in [0.717, 1.165) is 10.5 Å². The number of rotatable bonds is 9. The van der Waals surface area contributed by atoms with Gasteiger partial charge in [-0.15, -0.1) is 0 Å². The summed E-state index contributed by atoms with van der Waals surface area (Å²) in [5, 5.41) is 11.9. The van der Waals surface area contributed by atoms with Crippen molar-refractivity contribution in [1.82, 2.24) is 4.90 Å². The third kappa shape index (κ3) is 4.88. The number of amides is 3. The molecule has 1 atom stereocenters. The van der Waals surface area contributed by atoms with Crippen molar-refractivity contribution in [3.05, 3.63) is 90.0 Å². The normalized spacial score (nSPS) is 16.1. The van der Waals surface area contributed by atoms with E-state index in [-0.39, 0.29) is 11.5 Å². The molecule has 3 aromatic rings. The maximum atomic E-state index is 13.1. The predicted molar refractivity (Wildman–Crippen MR) is 134 cm³/mol. The molecule has 8 heteroatoms. The molecule has 1 aliphatic heterocycles. The molecule has 0 radical (unpaired) electrons. The number of hydrogen-bond acceptors (Lipinski definition) is 5. The van der Waals surface area contributed by atoms with E-state index in [4.69, 9.17) is 14.6 Å². The van der Waals surface area contributed by atoms with E-state index in [9.17, 15) is 14.4 Å². The molecule has 1 heterocycles. The Labute approximate surface area is 209 Å². The van der Waals surface area contributed by atoms with Crippen molar-refractivity contribution in [1.29, 1.82) is 0 Å². The minimum Gasteiger partial charge on any atom is -0.489 e. The molecule has 3 aromatic carbocycles. The van der Waals surface area contributed by atoms with Gasteiger partial charge in [-0.25, -0.2) is 14.5 Å². The molecule has 2 N–H and O–H groups in total. The second kappa shape index (κ2) is 10.5. The van der Waals surface area contributed by atoms with Crippen LogP contribution in [-0.4, -0.2) is 34.1 Å². The van der Waals surface area contributed by atoms with Gasteiger partial charge in [0.25, 0.3) is 0 Å². The van der Waals surface area contributed by atoms with Gasteiger partial charge in [-0.05, 0) is 66.9 Å². The quantitative estimate of drug-likeness (QED) is 0.383. The minimum atomic E-state index is -1.05. The lowest BCUT2D eigenvalue weighted by atomic mass is 9.72. The van der Waals surface area contributed by atoms with Crippen LogP contribution in [-0.2, 0) is 11.4 Å². The molecule has 1 saturated heterocycles. The number of nitrogens with zero attached hydrogens (tertiary/aromatic N) is 1. The molecular weight excluding hydrogens is 460 g/mol. The van der Waals surface area contributed by atoms with Gasteiger partial charge in [-0.2, -0.15) is 0 Å². The highest BCUT2D eigenvalue weighted by atomic mass is 16.5. The third-order valence-corrected chi connectivity index (χ3v) is 6.54. The average Bonchev–Trinajstić information content (AvgIpc) is 2.90. The van der Waals surface area contributed by atoms with Crippen molar-refractivity contribution in [2.45, 2.75) is 39.5 Å². The van der Waals surface area contributed by atoms with E-state index in [1.54, 1.807) is 24.3 Å². The maximum absolute atomic E-state index is 13.1. The van der Waals surface area contributed by atoms with Crippen LogP contribution in [0.25, 0.3) is 0 Å². The van der Waals surface area contributed by atoms with E-state index >= 15 is 0 Å². The Balaban J connectivity index is 1.44. The summed E-state index contributed by atoms with van der Waals surface area (Å²) in [5.74, 6) is -0.324. The lowest BCUT2D eigenvalue weighted by molar-refractivity contribution is -0.190. The largest absolute Gasteiger partial charge is 0.489 e. The summed E-state index contributed by atoms with van der Waals surface area (Å²) in [4.78, 5) is 38.4. The Hall–Kier alpha value is -4.33. The van der Waals surface area contributed by atoms with Crippen LogP contribution in [0, 0.1) is 5.41 Å². The first kappa shape index (κ1) is 24.8. The van der Waals surface area contributed by atoms with Crippen molar-refractivity contribution < 1.29 is 29.0 Å². The third-order valence-electron chi connectivity index (χ3n) is 6.54. The second-order valence-corrected chi connectivity index (χ2v) is 8.57. The Kier molecular flexibility index (Phi) is 7.24. The van der Waals surface area contributed by atoms with Crippen LogP contribution >= 0.6 is 0 Å². The van der Waals surface area contributed by atoms with Crippen molar-refractivity contribution in [3.63, 3.8) is 0 Å². The zero-order chi connectivity index (χ0) is 25.7. The average molecular weight is 489 g/mol. The van der Waals surface area contributed by atoms with Gasteiger partial charge in [0.15, 0.2) is 6.23 Å². The fourth-order valence-electron chi connectivity index (χ4n) is 4.26.